The lowest BCUT2D eigenvalue weighted by Gasteiger charge is -2.13. The molecule has 168 valence electrons. The Morgan fingerprint density at radius 3 is 2.41 bits per heavy atom. The molecule has 0 saturated carbocycles. The fraction of sp³-hybridized carbons (Fsp3) is 0.0952. The lowest BCUT2D eigenvalue weighted by molar-refractivity contribution is 0.0950. The van der Waals surface area contributed by atoms with E-state index in [1.54, 1.807) is 0 Å². The molecule has 0 aliphatic rings. The summed E-state index contributed by atoms with van der Waals surface area (Å²) in [5, 5.41) is 2.79. The Kier molecular flexibility index (Phi) is 7.19. The molecule has 32 heavy (non-hydrogen) atoms. The maximum Gasteiger partial charge on any atom is 0.253 e. The van der Waals surface area contributed by atoms with Gasteiger partial charge in [0.2, 0.25) is 0 Å². The number of nitrogens with one attached hydrogen (secondary N) is 1. The number of halogens is 4. The predicted octanol–water partition coefficient (Wildman–Crippen LogP) is 5.49. The van der Waals surface area contributed by atoms with Gasteiger partial charge >= 0.3 is 0 Å². The monoisotopic (exact) mass is 516 g/mol. The van der Waals surface area contributed by atoms with Crippen molar-refractivity contribution in [3.05, 3.63) is 80.5 Å². The second kappa shape index (κ2) is 9.54. The van der Waals surface area contributed by atoms with E-state index in [2.05, 4.69) is 5.32 Å². The zero-order valence-electron chi connectivity index (χ0n) is 16.5. The Morgan fingerprint density at radius 1 is 1.06 bits per heavy atom. The summed E-state index contributed by atoms with van der Waals surface area (Å²) in [5.74, 6) is -1.46. The first kappa shape index (κ1) is 24.1. The maximum atomic E-state index is 15.0. The van der Waals surface area contributed by atoms with Gasteiger partial charge in [0.15, 0.2) is 21.4 Å². The zero-order valence-corrected chi connectivity index (χ0v) is 19.5. The molecule has 6 nitrogen and oxygen atoms in total. The Morgan fingerprint density at radius 2 is 1.78 bits per heavy atom. The molecule has 0 spiro atoms. The van der Waals surface area contributed by atoms with Crippen LogP contribution < -0.4 is 15.8 Å². The highest BCUT2D eigenvalue weighted by Gasteiger charge is 2.18. The van der Waals surface area contributed by atoms with Crippen molar-refractivity contribution in [3.8, 4) is 11.5 Å². The van der Waals surface area contributed by atoms with Gasteiger partial charge in [-0.3, -0.25) is 4.79 Å². The van der Waals surface area contributed by atoms with Gasteiger partial charge in [0.25, 0.3) is 5.91 Å². The van der Waals surface area contributed by atoms with Crippen molar-refractivity contribution in [1.82, 2.24) is 5.32 Å². The number of nitrogen functional groups attached to an aromatic ring is 1. The number of anilines is 1. The van der Waals surface area contributed by atoms with E-state index >= 15 is 4.39 Å². The molecule has 0 aliphatic carbocycles. The summed E-state index contributed by atoms with van der Waals surface area (Å²) in [7, 11) is -3.48. The molecule has 3 rings (SSSR count). The van der Waals surface area contributed by atoms with Crippen LogP contribution in [-0.2, 0) is 16.4 Å². The molecule has 0 radical (unpaired) electrons. The minimum atomic E-state index is -3.48. The summed E-state index contributed by atoms with van der Waals surface area (Å²) in [6, 6.07) is 11.0. The molecule has 0 unspecified atom stereocenters. The van der Waals surface area contributed by atoms with Gasteiger partial charge in [0.05, 0.1) is 20.5 Å². The van der Waals surface area contributed by atoms with Crippen molar-refractivity contribution in [2.45, 2.75) is 11.4 Å². The number of carbonyl (C=O) groups excluding carboxylic acids is 1. The van der Waals surface area contributed by atoms with Crippen molar-refractivity contribution >= 4 is 56.2 Å². The Hall–Kier alpha value is -2.52. The first-order valence-corrected chi connectivity index (χ1v) is 12.0. The lowest BCUT2D eigenvalue weighted by Crippen LogP contribution is -2.24. The van der Waals surface area contributed by atoms with Crippen LogP contribution in [0, 0.1) is 5.82 Å². The van der Waals surface area contributed by atoms with E-state index in [4.69, 9.17) is 45.3 Å². The number of sulfone groups is 1. The molecular formula is C21H16Cl3FN2O4S. The average Bonchev–Trinajstić information content (AvgIpc) is 2.69. The fourth-order valence-electron chi connectivity index (χ4n) is 2.75. The van der Waals surface area contributed by atoms with Gasteiger partial charge in [-0.25, -0.2) is 12.8 Å². The Balaban J connectivity index is 1.80. The second-order valence-corrected chi connectivity index (χ2v) is 10.0. The van der Waals surface area contributed by atoms with Crippen molar-refractivity contribution < 1.29 is 22.3 Å². The normalized spacial score (nSPS) is 11.3. The van der Waals surface area contributed by atoms with Gasteiger partial charge in [-0.2, -0.15) is 0 Å². The third kappa shape index (κ3) is 5.63. The van der Waals surface area contributed by atoms with Crippen LogP contribution in [0.3, 0.4) is 0 Å². The van der Waals surface area contributed by atoms with E-state index in [1.165, 1.54) is 48.5 Å². The van der Waals surface area contributed by atoms with Crippen LogP contribution in [0.4, 0.5) is 10.1 Å². The van der Waals surface area contributed by atoms with Crippen LogP contribution in [0.2, 0.25) is 15.1 Å². The highest BCUT2D eigenvalue weighted by Crippen LogP contribution is 2.35. The third-order valence-corrected chi connectivity index (χ3v) is 6.23. The molecule has 3 aromatic rings. The smallest absolute Gasteiger partial charge is 0.253 e. The highest BCUT2D eigenvalue weighted by atomic mass is 35.5. The molecule has 0 bridgehead atoms. The summed E-state index contributed by atoms with van der Waals surface area (Å²) in [6.07, 6.45) is 1.03. The van der Waals surface area contributed by atoms with Gasteiger partial charge in [-0.15, -0.1) is 0 Å². The molecule has 11 heteroatoms. The molecular weight excluding hydrogens is 502 g/mol. The quantitative estimate of drug-likeness (QED) is 0.421. The van der Waals surface area contributed by atoms with Gasteiger partial charge in [0.1, 0.15) is 5.75 Å². The minimum Gasteiger partial charge on any atom is -0.453 e. The third-order valence-electron chi connectivity index (χ3n) is 4.30. The number of hydrogen-bond acceptors (Lipinski definition) is 5. The summed E-state index contributed by atoms with van der Waals surface area (Å²) in [4.78, 5) is 12.5. The van der Waals surface area contributed by atoms with E-state index in [9.17, 15) is 13.2 Å². The molecule has 0 aliphatic heterocycles. The molecule has 0 saturated heterocycles. The molecule has 0 aromatic heterocycles. The van der Waals surface area contributed by atoms with E-state index in [-0.39, 0.29) is 44.1 Å². The van der Waals surface area contributed by atoms with Crippen LogP contribution in [0.25, 0.3) is 0 Å². The van der Waals surface area contributed by atoms with Crippen LogP contribution in [-0.4, -0.2) is 20.6 Å². The number of carbonyl (C=O) groups is 1. The lowest BCUT2D eigenvalue weighted by atomic mass is 10.1. The summed E-state index contributed by atoms with van der Waals surface area (Å²) in [5.41, 5.74) is 6.18. The van der Waals surface area contributed by atoms with Crippen LogP contribution in [0.15, 0.2) is 53.4 Å². The number of ether oxygens (including phenoxy) is 1. The van der Waals surface area contributed by atoms with E-state index < -0.39 is 21.6 Å². The highest BCUT2D eigenvalue weighted by molar-refractivity contribution is 7.90. The van der Waals surface area contributed by atoms with Crippen LogP contribution in [0.5, 0.6) is 11.5 Å². The number of benzene rings is 3. The molecule has 3 aromatic carbocycles. The van der Waals surface area contributed by atoms with Crippen molar-refractivity contribution in [1.29, 1.82) is 0 Å². The first-order chi connectivity index (χ1) is 15.0. The minimum absolute atomic E-state index is 0.00975. The standard InChI is InChI=1S/C21H16Cl3FN2O4S/c1-32(29,30)15-3-4-16(18(24)9-15)21(28)27-10-11-2-5-17(23)20(19(11)25)31-14-7-12(22)6-13(26)8-14/h2-9H,10,26H2,1H3,(H,27,28). The summed E-state index contributed by atoms with van der Waals surface area (Å²) < 4.78 is 43.8. The number of rotatable bonds is 6. The fourth-order valence-corrected chi connectivity index (χ4v) is 4.14. The van der Waals surface area contributed by atoms with Crippen molar-refractivity contribution in [2.75, 3.05) is 12.0 Å². The zero-order chi connectivity index (χ0) is 23.6. The molecule has 0 atom stereocenters. The van der Waals surface area contributed by atoms with Gasteiger partial charge in [-0.1, -0.05) is 40.9 Å². The van der Waals surface area contributed by atoms with Crippen LogP contribution >= 0.6 is 34.8 Å². The topological polar surface area (TPSA) is 98.5 Å². The van der Waals surface area contributed by atoms with E-state index in [0.717, 1.165) is 6.26 Å². The molecule has 3 N–H and O–H groups in total. The summed E-state index contributed by atoms with van der Waals surface area (Å²) >= 11 is 18.1. The number of amides is 1. The Labute approximate surface area is 199 Å². The van der Waals surface area contributed by atoms with E-state index in [0.29, 0.717) is 10.7 Å². The largest absolute Gasteiger partial charge is 0.453 e. The maximum absolute atomic E-state index is 15.0. The SMILES string of the molecule is CS(=O)(=O)c1ccc(C(=O)NCc2ccc(Cl)c(Oc3cc(N)cc(Cl)c3)c2F)c(Cl)c1. The number of nitrogens with two attached hydrogens (primary N) is 1. The van der Waals surface area contributed by atoms with Gasteiger partial charge < -0.3 is 15.8 Å². The molecule has 1 amide bonds. The number of hydrogen-bond donors (Lipinski definition) is 2. The average molecular weight is 518 g/mol. The van der Waals surface area contributed by atoms with Crippen LogP contribution in [0.1, 0.15) is 15.9 Å². The van der Waals surface area contributed by atoms with Crippen molar-refractivity contribution in [2.24, 2.45) is 0 Å². The first-order valence-electron chi connectivity index (χ1n) is 8.94. The predicted molar refractivity (Wildman–Crippen MR) is 123 cm³/mol. The molecule has 0 heterocycles. The summed E-state index contributed by atoms with van der Waals surface area (Å²) in [6.45, 7) is -0.208. The van der Waals surface area contributed by atoms with Gasteiger partial charge in [0, 0.05) is 35.1 Å². The van der Waals surface area contributed by atoms with Crippen molar-refractivity contribution in [3.63, 3.8) is 0 Å². The van der Waals surface area contributed by atoms with E-state index in [1.807, 2.05) is 0 Å². The Bertz CT molecular complexity index is 1300. The van der Waals surface area contributed by atoms with Gasteiger partial charge in [-0.05, 0) is 36.4 Å². The second-order valence-electron chi connectivity index (χ2n) is 6.77. The molecule has 0 fully saturated rings.